The highest BCUT2D eigenvalue weighted by Crippen LogP contribution is 2.07. The summed E-state index contributed by atoms with van der Waals surface area (Å²) in [7, 11) is 0. The van der Waals surface area contributed by atoms with Gasteiger partial charge < -0.3 is 19.7 Å². The third kappa shape index (κ3) is 7.29. The molecule has 0 fully saturated rings. The van der Waals surface area contributed by atoms with Gasteiger partial charge in [0, 0.05) is 12.2 Å². The maximum Gasteiger partial charge on any atom is 0.409 e. The van der Waals surface area contributed by atoms with Gasteiger partial charge in [-0.2, -0.15) is 0 Å². The van der Waals surface area contributed by atoms with Gasteiger partial charge in [-0.3, -0.25) is 9.80 Å². The van der Waals surface area contributed by atoms with Gasteiger partial charge in [-0.25, -0.2) is 19.2 Å². The summed E-state index contributed by atoms with van der Waals surface area (Å²) in [5.41, 5.74) is 0. The second kappa shape index (κ2) is 10.6. The first-order valence-electron chi connectivity index (χ1n) is 6.82. The topological polar surface area (TPSA) is 134 Å². The number of amides is 2. The monoisotopic (exact) mass is 344 g/mol. The summed E-state index contributed by atoms with van der Waals surface area (Å²) in [5.74, 6) is -1.45. The fourth-order valence-electron chi connectivity index (χ4n) is 1.66. The first kappa shape index (κ1) is 21.0. The molecular weight excluding hydrogens is 324 g/mol. The molecule has 0 aromatic rings. The van der Waals surface area contributed by atoms with E-state index in [0.717, 1.165) is 22.0 Å². The average Bonchev–Trinajstić information content (AvgIpc) is 2.53. The molecule has 0 atom stereocenters. The zero-order chi connectivity index (χ0) is 18.7. The Morgan fingerprint density at radius 1 is 0.917 bits per heavy atom. The van der Waals surface area contributed by atoms with Crippen molar-refractivity contribution in [2.24, 2.45) is 0 Å². The molecule has 0 heterocycles. The van der Waals surface area contributed by atoms with Crippen molar-refractivity contribution in [2.45, 2.75) is 13.1 Å². The molecule has 0 saturated carbocycles. The number of rotatable bonds is 10. The van der Waals surface area contributed by atoms with E-state index in [2.05, 4.69) is 22.6 Å². The van der Waals surface area contributed by atoms with Crippen molar-refractivity contribution in [3.63, 3.8) is 0 Å². The van der Waals surface area contributed by atoms with Gasteiger partial charge in [-0.1, -0.05) is 13.2 Å². The summed E-state index contributed by atoms with van der Waals surface area (Å²) in [5, 5.41) is 18.4. The zero-order valence-corrected chi connectivity index (χ0v) is 13.2. The van der Waals surface area contributed by atoms with Gasteiger partial charge in [0.05, 0.1) is 13.1 Å². The Labute approximate surface area is 138 Å². The molecule has 0 aliphatic heterocycles. The molecule has 24 heavy (non-hydrogen) atoms. The van der Waals surface area contributed by atoms with Crippen LogP contribution in [0.1, 0.15) is 6.92 Å². The predicted molar refractivity (Wildman–Crippen MR) is 81.2 cm³/mol. The van der Waals surface area contributed by atoms with Crippen LogP contribution in [-0.2, 0) is 19.1 Å². The standard InChI is InChI=1S/C14H20N2O8/c1-4-11(17)23-8-6-15(13(19)20)10(3)16(14(21)22)7-9-24-12(18)5-2/h4-5,10H,1-2,6-9H2,3H3,(H,19,20)(H,21,22). The molecule has 0 radical (unpaired) electrons. The summed E-state index contributed by atoms with van der Waals surface area (Å²) in [4.78, 5) is 46.0. The van der Waals surface area contributed by atoms with Crippen LogP contribution in [0.3, 0.4) is 0 Å². The Balaban J connectivity index is 4.81. The maximum atomic E-state index is 11.3. The Bertz CT molecular complexity index is 461. The highest BCUT2D eigenvalue weighted by atomic mass is 16.5. The Hall–Kier alpha value is -3.04. The number of carboxylic acid groups (broad SMARTS) is 2. The minimum atomic E-state index is -1.40. The molecule has 0 aromatic heterocycles. The fourth-order valence-corrected chi connectivity index (χ4v) is 1.66. The van der Waals surface area contributed by atoms with Crippen molar-refractivity contribution in [3.8, 4) is 0 Å². The molecule has 0 bridgehead atoms. The predicted octanol–water partition coefficient (Wildman–Crippen LogP) is 0.751. The first-order chi connectivity index (χ1) is 11.2. The third-order valence-corrected chi connectivity index (χ3v) is 2.88. The molecule has 134 valence electrons. The van der Waals surface area contributed by atoms with Gasteiger partial charge in [0.1, 0.15) is 19.4 Å². The molecule has 0 unspecified atom stereocenters. The number of hydrogen-bond acceptors (Lipinski definition) is 6. The average molecular weight is 344 g/mol. The lowest BCUT2D eigenvalue weighted by molar-refractivity contribution is -0.138. The molecule has 2 amide bonds. The molecular formula is C14H20N2O8. The van der Waals surface area contributed by atoms with Gasteiger partial charge in [0.25, 0.3) is 0 Å². The van der Waals surface area contributed by atoms with Crippen LogP contribution in [0.25, 0.3) is 0 Å². The number of nitrogens with zero attached hydrogens (tertiary/aromatic N) is 2. The van der Waals surface area contributed by atoms with Crippen molar-refractivity contribution in [2.75, 3.05) is 26.3 Å². The molecule has 0 aliphatic rings. The molecule has 0 aliphatic carbocycles. The Kier molecular flexibility index (Phi) is 9.30. The minimum Gasteiger partial charge on any atom is -0.465 e. The van der Waals surface area contributed by atoms with Gasteiger partial charge in [-0.05, 0) is 6.92 Å². The highest BCUT2D eigenvalue weighted by Gasteiger charge is 2.28. The SMILES string of the molecule is C=CC(=O)OCCN(C(=O)O)C(C)N(CCOC(=O)C=C)C(=O)O. The van der Waals surface area contributed by atoms with E-state index in [1.165, 1.54) is 6.92 Å². The van der Waals surface area contributed by atoms with Crippen LogP contribution in [-0.4, -0.2) is 76.6 Å². The van der Waals surface area contributed by atoms with Crippen molar-refractivity contribution in [1.29, 1.82) is 0 Å². The summed E-state index contributed by atoms with van der Waals surface area (Å²) >= 11 is 0. The minimum absolute atomic E-state index is 0.244. The molecule has 0 rings (SSSR count). The number of carbonyl (C=O) groups is 4. The summed E-state index contributed by atoms with van der Waals surface area (Å²) in [6, 6.07) is 0. The summed E-state index contributed by atoms with van der Waals surface area (Å²) < 4.78 is 9.36. The smallest absolute Gasteiger partial charge is 0.409 e. The van der Waals surface area contributed by atoms with E-state index >= 15 is 0 Å². The van der Waals surface area contributed by atoms with E-state index in [9.17, 15) is 29.4 Å². The van der Waals surface area contributed by atoms with Crippen molar-refractivity contribution >= 4 is 24.1 Å². The van der Waals surface area contributed by atoms with E-state index in [-0.39, 0.29) is 26.3 Å². The van der Waals surface area contributed by atoms with Crippen molar-refractivity contribution in [3.05, 3.63) is 25.3 Å². The second-order valence-electron chi connectivity index (χ2n) is 4.33. The van der Waals surface area contributed by atoms with Crippen LogP contribution in [0.4, 0.5) is 9.59 Å². The molecule has 0 saturated heterocycles. The van der Waals surface area contributed by atoms with E-state index < -0.39 is 30.3 Å². The van der Waals surface area contributed by atoms with Gasteiger partial charge >= 0.3 is 24.1 Å². The number of ether oxygens (including phenoxy) is 2. The lowest BCUT2D eigenvalue weighted by Crippen LogP contribution is -2.52. The van der Waals surface area contributed by atoms with E-state index in [4.69, 9.17) is 0 Å². The fraction of sp³-hybridized carbons (Fsp3) is 0.429. The lowest BCUT2D eigenvalue weighted by atomic mass is 10.4. The number of hydrogen-bond donors (Lipinski definition) is 2. The summed E-state index contributed by atoms with van der Waals surface area (Å²) in [6.07, 6.45) is -2.04. The first-order valence-corrected chi connectivity index (χ1v) is 6.82. The quantitative estimate of drug-likeness (QED) is 0.337. The van der Waals surface area contributed by atoms with Crippen LogP contribution < -0.4 is 0 Å². The van der Waals surface area contributed by atoms with Crippen LogP contribution in [0, 0.1) is 0 Å². The van der Waals surface area contributed by atoms with Crippen molar-refractivity contribution < 1.29 is 38.9 Å². The molecule has 10 nitrogen and oxygen atoms in total. The van der Waals surface area contributed by atoms with E-state index in [0.29, 0.717) is 0 Å². The number of esters is 2. The van der Waals surface area contributed by atoms with Crippen molar-refractivity contribution in [1.82, 2.24) is 9.80 Å². The van der Waals surface area contributed by atoms with Crippen LogP contribution >= 0.6 is 0 Å². The van der Waals surface area contributed by atoms with Crippen LogP contribution in [0.5, 0.6) is 0 Å². The maximum absolute atomic E-state index is 11.3. The van der Waals surface area contributed by atoms with E-state index in [1.807, 2.05) is 0 Å². The van der Waals surface area contributed by atoms with Gasteiger partial charge in [0.2, 0.25) is 0 Å². The van der Waals surface area contributed by atoms with E-state index in [1.54, 1.807) is 0 Å². The molecule has 10 heteroatoms. The largest absolute Gasteiger partial charge is 0.465 e. The van der Waals surface area contributed by atoms with Crippen LogP contribution in [0.2, 0.25) is 0 Å². The lowest BCUT2D eigenvalue weighted by Gasteiger charge is -2.33. The number of carbonyl (C=O) groups excluding carboxylic acids is 2. The Morgan fingerprint density at radius 3 is 1.50 bits per heavy atom. The zero-order valence-electron chi connectivity index (χ0n) is 13.2. The highest BCUT2D eigenvalue weighted by molar-refractivity contribution is 5.81. The molecule has 0 aromatic carbocycles. The van der Waals surface area contributed by atoms with Gasteiger partial charge in [0.15, 0.2) is 0 Å². The van der Waals surface area contributed by atoms with Crippen LogP contribution in [0.15, 0.2) is 25.3 Å². The third-order valence-electron chi connectivity index (χ3n) is 2.88. The van der Waals surface area contributed by atoms with Gasteiger partial charge in [-0.15, -0.1) is 0 Å². The molecule has 0 spiro atoms. The molecule has 2 N–H and O–H groups in total. The Morgan fingerprint density at radius 2 is 1.25 bits per heavy atom. The normalized spacial score (nSPS) is 9.75. The second-order valence-corrected chi connectivity index (χ2v) is 4.33. The summed E-state index contributed by atoms with van der Waals surface area (Å²) in [6.45, 7) is 6.72.